The van der Waals surface area contributed by atoms with E-state index in [0.29, 0.717) is 17.7 Å². The molecule has 3 N–H and O–H groups in total. The van der Waals surface area contributed by atoms with Crippen LogP contribution in [-0.2, 0) is 9.53 Å². The summed E-state index contributed by atoms with van der Waals surface area (Å²) in [5.41, 5.74) is 5.77. The van der Waals surface area contributed by atoms with E-state index in [2.05, 4.69) is 10.2 Å². The van der Waals surface area contributed by atoms with Gasteiger partial charge in [0.05, 0.1) is 11.9 Å². The van der Waals surface area contributed by atoms with Gasteiger partial charge in [-0.1, -0.05) is 11.8 Å². The van der Waals surface area contributed by atoms with Crippen LogP contribution >= 0.6 is 11.8 Å². The number of thioether (sulfide) groups is 1. The van der Waals surface area contributed by atoms with Crippen molar-refractivity contribution in [3.8, 4) is 0 Å². The van der Waals surface area contributed by atoms with E-state index in [1.165, 1.54) is 0 Å². The molecule has 1 fully saturated rings. The van der Waals surface area contributed by atoms with E-state index in [4.69, 9.17) is 15.6 Å². The molecule has 0 aliphatic heterocycles. The first-order valence-corrected chi connectivity index (χ1v) is 6.77. The second-order valence-electron chi connectivity index (χ2n) is 4.10. The molecule has 8 heteroatoms. The van der Waals surface area contributed by atoms with Crippen molar-refractivity contribution < 1.29 is 14.6 Å². The number of rotatable bonds is 6. The number of carbonyl (C=O) groups is 1. The number of aromatic nitrogens is 3. The van der Waals surface area contributed by atoms with Gasteiger partial charge in [0.2, 0.25) is 5.95 Å². The van der Waals surface area contributed by atoms with E-state index < -0.39 is 5.97 Å². The Morgan fingerprint density at radius 1 is 1.61 bits per heavy atom. The third-order valence-corrected chi connectivity index (χ3v) is 3.78. The molecule has 1 aromatic rings. The van der Waals surface area contributed by atoms with Gasteiger partial charge in [-0.05, 0) is 19.8 Å². The van der Waals surface area contributed by atoms with Crippen LogP contribution in [0, 0.1) is 0 Å². The normalized spacial score (nSPS) is 22.7. The summed E-state index contributed by atoms with van der Waals surface area (Å²) in [5.74, 6) is -0.587. The van der Waals surface area contributed by atoms with Crippen molar-refractivity contribution in [1.29, 1.82) is 0 Å². The van der Waals surface area contributed by atoms with Crippen LogP contribution in [0.1, 0.15) is 25.8 Å². The Balaban J connectivity index is 1.99. The average molecular weight is 272 g/mol. The minimum absolute atomic E-state index is 0.0419. The number of carboxylic acids is 1. The number of hydrogen-bond donors (Lipinski definition) is 2. The molecule has 100 valence electrons. The van der Waals surface area contributed by atoms with Crippen molar-refractivity contribution in [2.45, 2.75) is 37.1 Å². The first-order valence-electron chi connectivity index (χ1n) is 5.78. The van der Waals surface area contributed by atoms with Gasteiger partial charge in [0, 0.05) is 12.6 Å². The minimum atomic E-state index is -0.881. The van der Waals surface area contributed by atoms with Crippen molar-refractivity contribution in [2.75, 3.05) is 18.1 Å². The van der Waals surface area contributed by atoms with Crippen LogP contribution in [0.25, 0.3) is 0 Å². The minimum Gasteiger partial charge on any atom is -0.481 e. The molecular formula is C10H16N4O3S. The Morgan fingerprint density at radius 2 is 2.33 bits per heavy atom. The van der Waals surface area contributed by atoms with Gasteiger partial charge in [0.25, 0.3) is 0 Å². The topological polar surface area (TPSA) is 103 Å². The van der Waals surface area contributed by atoms with E-state index in [9.17, 15) is 4.79 Å². The van der Waals surface area contributed by atoms with Crippen molar-refractivity contribution in [3.63, 3.8) is 0 Å². The van der Waals surface area contributed by atoms with Gasteiger partial charge < -0.3 is 15.6 Å². The van der Waals surface area contributed by atoms with Crippen LogP contribution in [0.2, 0.25) is 0 Å². The molecular weight excluding hydrogens is 256 g/mol. The van der Waals surface area contributed by atoms with E-state index in [1.54, 1.807) is 0 Å². The molecule has 1 aromatic heterocycles. The fourth-order valence-electron chi connectivity index (χ4n) is 1.98. The summed E-state index contributed by atoms with van der Waals surface area (Å²) in [7, 11) is 0. The zero-order valence-electron chi connectivity index (χ0n) is 10.1. The van der Waals surface area contributed by atoms with Crippen molar-refractivity contribution in [2.24, 2.45) is 0 Å². The van der Waals surface area contributed by atoms with E-state index in [0.717, 1.165) is 24.6 Å². The zero-order chi connectivity index (χ0) is 13.1. The maximum atomic E-state index is 10.6. The van der Waals surface area contributed by atoms with Gasteiger partial charge in [0.15, 0.2) is 5.16 Å². The monoisotopic (exact) mass is 272 g/mol. The van der Waals surface area contributed by atoms with Crippen molar-refractivity contribution in [1.82, 2.24) is 14.8 Å². The third-order valence-electron chi connectivity index (χ3n) is 2.85. The average Bonchev–Trinajstić information content (AvgIpc) is 2.62. The maximum Gasteiger partial charge on any atom is 0.313 e. The van der Waals surface area contributed by atoms with Crippen LogP contribution in [0.15, 0.2) is 5.16 Å². The lowest BCUT2D eigenvalue weighted by Crippen LogP contribution is -2.34. The number of nitrogens with two attached hydrogens (primary N) is 1. The molecule has 0 amide bonds. The number of nitrogen functional groups attached to an aromatic ring is 1. The number of carboxylic acid groups (broad SMARTS) is 1. The second kappa shape index (κ2) is 5.57. The van der Waals surface area contributed by atoms with Crippen LogP contribution < -0.4 is 5.73 Å². The Hall–Kier alpha value is -1.28. The summed E-state index contributed by atoms with van der Waals surface area (Å²) in [4.78, 5) is 10.6. The quantitative estimate of drug-likeness (QED) is 0.737. The molecule has 18 heavy (non-hydrogen) atoms. The number of hydrogen-bond acceptors (Lipinski definition) is 6. The highest BCUT2D eigenvalue weighted by Gasteiger charge is 2.34. The van der Waals surface area contributed by atoms with E-state index in [-0.39, 0.29) is 17.9 Å². The number of nitrogens with zero attached hydrogens (tertiary/aromatic N) is 3. The van der Waals surface area contributed by atoms with Crippen LogP contribution in [0.5, 0.6) is 0 Å². The Bertz CT molecular complexity index is 431. The van der Waals surface area contributed by atoms with Crippen LogP contribution in [0.3, 0.4) is 0 Å². The van der Waals surface area contributed by atoms with Gasteiger partial charge in [-0.15, -0.1) is 10.2 Å². The lowest BCUT2D eigenvalue weighted by molar-refractivity contribution is -0.133. The molecule has 1 heterocycles. The maximum absolute atomic E-state index is 10.6. The van der Waals surface area contributed by atoms with Gasteiger partial charge in [-0.3, -0.25) is 9.36 Å². The van der Waals surface area contributed by atoms with E-state index in [1.807, 2.05) is 11.5 Å². The third kappa shape index (κ3) is 2.75. The molecule has 0 unspecified atom stereocenters. The summed E-state index contributed by atoms with van der Waals surface area (Å²) in [6.07, 6.45) is 2.01. The fraction of sp³-hybridized carbons (Fsp3) is 0.700. The Kier molecular flexibility index (Phi) is 4.07. The summed E-state index contributed by atoms with van der Waals surface area (Å²) in [5, 5.41) is 16.9. The van der Waals surface area contributed by atoms with E-state index >= 15 is 0 Å². The number of anilines is 1. The number of ether oxygens (including phenoxy) is 1. The molecule has 1 saturated carbocycles. The molecule has 1 aliphatic rings. The Morgan fingerprint density at radius 3 is 2.94 bits per heavy atom. The summed E-state index contributed by atoms with van der Waals surface area (Å²) >= 11 is 1.14. The SMILES string of the molecule is CCOC1CC(n2c(N)nnc2SCC(=O)O)C1. The van der Waals surface area contributed by atoms with Gasteiger partial charge in [-0.25, -0.2) is 0 Å². The van der Waals surface area contributed by atoms with Gasteiger partial charge in [0.1, 0.15) is 0 Å². The van der Waals surface area contributed by atoms with Gasteiger partial charge >= 0.3 is 5.97 Å². The molecule has 0 aromatic carbocycles. The number of aliphatic carboxylic acids is 1. The van der Waals surface area contributed by atoms with Gasteiger partial charge in [-0.2, -0.15) is 0 Å². The highest BCUT2D eigenvalue weighted by molar-refractivity contribution is 7.99. The molecule has 0 atom stereocenters. The first-order chi connectivity index (χ1) is 8.61. The summed E-state index contributed by atoms with van der Waals surface area (Å²) in [6.45, 7) is 2.67. The predicted molar refractivity (Wildman–Crippen MR) is 66.5 cm³/mol. The van der Waals surface area contributed by atoms with Crippen molar-refractivity contribution >= 4 is 23.7 Å². The van der Waals surface area contributed by atoms with Crippen LogP contribution in [-0.4, -0.2) is 44.3 Å². The molecule has 0 radical (unpaired) electrons. The lowest BCUT2D eigenvalue weighted by atomic mass is 9.89. The molecule has 7 nitrogen and oxygen atoms in total. The Labute approximate surface area is 109 Å². The zero-order valence-corrected chi connectivity index (χ0v) is 10.9. The molecule has 0 bridgehead atoms. The second-order valence-corrected chi connectivity index (χ2v) is 5.04. The fourth-order valence-corrected chi connectivity index (χ4v) is 2.71. The largest absolute Gasteiger partial charge is 0.481 e. The molecule has 1 aliphatic carbocycles. The summed E-state index contributed by atoms with van der Waals surface area (Å²) < 4.78 is 7.30. The molecule has 2 rings (SSSR count). The molecule has 0 saturated heterocycles. The first kappa shape index (κ1) is 13.2. The predicted octanol–water partition coefficient (Wildman–Crippen LogP) is 0.777. The highest BCUT2D eigenvalue weighted by atomic mass is 32.2. The standard InChI is InChI=1S/C10H16N4O3S/c1-2-17-7-3-6(4-7)14-9(11)12-13-10(14)18-5-8(15)16/h6-7H,2-5H2,1H3,(H2,11,12)(H,15,16). The molecule has 0 spiro atoms. The highest BCUT2D eigenvalue weighted by Crippen LogP contribution is 2.38. The summed E-state index contributed by atoms with van der Waals surface area (Å²) in [6, 6.07) is 0.216. The smallest absolute Gasteiger partial charge is 0.313 e. The lowest BCUT2D eigenvalue weighted by Gasteiger charge is -2.36. The van der Waals surface area contributed by atoms with Crippen LogP contribution in [0.4, 0.5) is 5.95 Å². The van der Waals surface area contributed by atoms with Crippen molar-refractivity contribution in [3.05, 3.63) is 0 Å².